The summed E-state index contributed by atoms with van der Waals surface area (Å²) in [5.74, 6) is -0.618. The number of hydrogen-bond acceptors (Lipinski definition) is 3. The maximum absolute atomic E-state index is 13.3. The smallest absolute Gasteiger partial charge is 0.257 e. The molecule has 2 aliphatic rings. The van der Waals surface area contributed by atoms with Crippen LogP contribution in [0.15, 0.2) is 48.5 Å². The number of fused-ring (bicyclic) bond motifs is 3. The predicted molar refractivity (Wildman–Crippen MR) is 115 cm³/mol. The largest absolute Gasteiger partial charge is 0.339 e. The third-order valence-corrected chi connectivity index (χ3v) is 6.62. The minimum atomic E-state index is -0.774. The number of benzene rings is 2. The second-order valence-electron chi connectivity index (χ2n) is 8.40. The van der Waals surface area contributed by atoms with Crippen LogP contribution in [0.4, 0.5) is 10.1 Å². The monoisotopic (exact) mass is 423 g/mol. The molecule has 3 amide bonds. The van der Waals surface area contributed by atoms with Crippen LogP contribution in [0.2, 0.25) is 0 Å². The molecule has 6 nitrogen and oxygen atoms in total. The van der Waals surface area contributed by atoms with Crippen LogP contribution in [0.3, 0.4) is 0 Å². The summed E-state index contributed by atoms with van der Waals surface area (Å²) in [5, 5.41) is 0. The molecule has 0 spiro atoms. The van der Waals surface area contributed by atoms with Crippen molar-refractivity contribution in [2.75, 3.05) is 18.5 Å². The lowest BCUT2D eigenvalue weighted by atomic mass is 9.98. The van der Waals surface area contributed by atoms with Crippen molar-refractivity contribution in [1.29, 1.82) is 0 Å². The van der Waals surface area contributed by atoms with Gasteiger partial charge in [0.05, 0.1) is 17.3 Å². The molecule has 31 heavy (non-hydrogen) atoms. The van der Waals surface area contributed by atoms with Gasteiger partial charge in [0.1, 0.15) is 11.5 Å². The van der Waals surface area contributed by atoms with Gasteiger partial charge in [-0.3, -0.25) is 19.3 Å². The summed E-state index contributed by atoms with van der Waals surface area (Å²) in [6.45, 7) is 3.99. The molecule has 2 heterocycles. The zero-order valence-corrected chi connectivity index (χ0v) is 18.0. The molecule has 7 heteroatoms. The van der Waals surface area contributed by atoms with Crippen molar-refractivity contribution < 1.29 is 18.8 Å². The molecule has 0 N–H and O–H groups in total. The summed E-state index contributed by atoms with van der Waals surface area (Å²) >= 11 is 0. The van der Waals surface area contributed by atoms with Gasteiger partial charge in [-0.2, -0.15) is 0 Å². The number of anilines is 1. The van der Waals surface area contributed by atoms with Crippen LogP contribution in [0.5, 0.6) is 0 Å². The fraction of sp³-hybridized carbons (Fsp3) is 0.375. The molecule has 0 bridgehead atoms. The van der Waals surface area contributed by atoms with Gasteiger partial charge >= 0.3 is 0 Å². The number of carbonyl (C=O) groups excluding carboxylic acids is 3. The maximum atomic E-state index is 13.3. The van der Waals surface area contributed by atoms with E-state index in [-0.39, 0.29) is 42.5 Å². The third-order valence-electron chi connectivity index (χ3n) is 6.62. The Bertz CT molecular complexity index is 1040. The molecule has 2 aliphatic heterocycles. The molecule has 2 aromatic carbocycles. The van der Waals surface area contributed by atoms with E-state index >= 15 is 0 Å². The van der Waals surface area contributed by atoms with Gasteiger partial charge in [0.15, 0.2) is 0 Å². The van der Waals surface area contributed by atoms with Crippen molar-refractivity contribution in [3.63, 3.8) is 0 Å². The molecule has 1 saturated heterocycles. The van der Waals surface area contributed by atoms with Gasteiger partial charge in [0.25, 0.3) is 5.91 Å². The fourth-order valence-corrected chi connectivity index (χ4v) is 4.61. The second kappa shape index (κ2) is 7.80. The van der Waals surface area contributed by atoms with E-state index in [1.807, 2.05) is 19.9 Å². The Balaban J connectivity index is 1.52. The summed E-state index contributed by atoms with van der Waals surface area (Å²) < 4.78 is 13.2. The highest BCUT2D eigenvalue weighted by molar-refractivity contribution is 6.10. The van der Waals surface area contributed by atoms with Crippen molar-refractivity contribution >= 4 is 23.4 Å². The first kappa shape index (κ1) is 21.0. The van der Waals surface area contributed by atoms with Gasteiger partial charge in [-0.15, -0.1) is 0 Å². The van der Waals surface area contributed by atoms with E-state index in [4.69, 9.17) is 0 Å². The standard InChI is InChI=1S/C24H26FN3O3/c1-16(17-8-10-18(25)11-9-17)26(3)21(29)13-15-27-23(31)19-6-4-5-7-20(19)28-22(30)12-14-24(27,28)2/h4-11,16H,12-15H2,1-3H3. The van der Waals surface area contributed by atoms with Gasteiger partial charge < -0.3 is 9.80 Å². The average molecular weight is 423 g/mol. The molecule has 1 fully saturated rings. The number of carbonyl (C=O) groups is 3. The highest BCUT2D eigenvalue weighted by Crippen LogP contribution is 2.44. The summed E-state index contributed by atoms with van der Waals surface area (Å²) in [6, 6.07) is 13.0. The summed E-state index contributed by atoms with van der Waals surface area (Å²) in [5.41, 5.74) is 1.18. The van der Waals surface area contributed by atoms with Crippen LogP contribution in [0.1, 0.15) is 55.1 Å². The zero-order valence-electron chi connectivity index (χ0n) is 18.0. The molecular weight excluding hydrogens is 397 g/mol. The molecule has 2 aromatic rings. The van der Waals surface area contributed by atoms with Crippen LogP contribution in [0, 0.1) is 5.82 Å². The number of halogens is 1. The summed E-state index contributed by atoms with van der Waals surface area (Å²) in [4.78, 5) is 43.8. The van der Waals surface area contributed by atoms with Crippen LogP contribution >= 0.6 is 0 Å². The molecule has 2 atom stereocenters. The van der Waals surface area contributed by atoms with Crippen molar-refractivity contribution in [2.24, 2.45) is 0 Å². The first-order chi connectivity index (χ1) is 14.7. The van der Waals surface area contributed by atoms with Gasteiger partial charge in [0, 0.05) is 26.4 Å². The van der Waals surface area contributed by atoms with E-state index in [1.54, 1.807) is 52.1 Å². The first-order valence-corrected chi connectivity index (χ1v) is 10.5. The molecule has 4 rings (SSSR count). The maximum Gasteiger partial charge on any atom is 0.257 e. The van der Waals surface area contributed by atoms with E-state index in [9.17, 15) is 18.8 Å². The predicted octanol–water partition coefficient (Wildman–Crippen LogP) is 3.73. The van der Waals surface area contributed by atoms with Gasteiger partial charge in [0.2, 0.25) is 11.8 Å². The Kier molecular flexibility index (Phi) is 5.29. The lowest BCUT2D eigenvalue weighted by Crippen LogP contribution is -2.62. The molecule has 0 aliphatic carbocycles. The SMILES string of the molecule is CC(c1ccc(F)cc1)N(C)C(=O)CCN1C(=O)c2ccccc2N2C(=O)CCC12C. The van der Waals surface area contributed by atoms with E-state index in [2.05, 4.69) is 0 Å². The molecule has 0 saturated carbocycles. The Morgan fingerprint density at radius 1 is 1.16 bits per heavy atom. The molecule has 0 aromatic heterocycles. The zero-order chi connectivity index (χ0) is 22.3. The second-order valence-corrected chi connectivity index (χ2v) is 8.40. The molecule has 0 radical (unpaired) electrons. The Labute approximate surface area is 181 Å². The minimum Gasteiger partial charge on any atom is -0.339 e. The Morgan fingerprint density at radius 2 is 1.84 bits per heavy atom. The quantitative estimate of drug-likeness (QED) is 0.736. The van der Waals surface area contributed by atoms with Gasteiger partial charge in [-0.1, -0.05) is 24.3 Å². The minimum absolute atomic E-state index is 0.0131. The highest BCUT2D eigenvalue weighted by atomic mass is 19.1. The number of hydrogen-bond donors (Lipinski definition) is 0. The van der Waals surface area contributed by atoms with Crippen molar-refractivity contribution in [1.82, 2.24) is 9.80 Å². The average Bonchev–Trinajstić information content (AvgIpc) is 3.08. The molecule has 2 unspecified atom stereocenters. The Hall–Kier alpha value is -3.22. The van der Waals surface area contributed by atoms with Gasteiger partial charge in [-0.25, -0.2) is 4.39 Å². The van der Waals surface area contributed by atoms with Crippen molar-refractivity contribution in [3.05, 3.63) is 65.5 Å². The third kappa shape index (κ3) is 3.48. The van der Waals surface area contributed by atoms with E-state index < -0.39 is 5.66 Å². The number of rotatable bonds is 5. The van der Waals surface area contributed by atoms with Crippen LogP contribution in [-0.2, 0) is 9.59 Å². The van der Waals surface area contributed by atoms with E-state index in [0.29, 0.717) is 24.1 Å². The fourth-order valence-electron chi connectivity index (χ4n) is 4.61. The normalized spacial score (nSPS) is 21.0. The topological polar surface area (TPSA) is 60.9 Å². The first-order valence-electron chi connectivity index (χ1n) is 10.5. The van der Waals surface area contributed by atoms with Crippen LogP contribution < -0.4 is 4.90 Å². The lowest BCUT2D eigenvalue weighted by Gasteiger charge is -2.48. The Morgan fingerprint density at radius 3 is 2.55 bits per heavy atom. The molecule has 162 valence electrons. The van der Waals surface area contributed by atoms with E-state index in [0.717, 1.165) is 5.56 Å². The van der Waals surface area contributed by atoms with Gasteiger partial charge in [-0.05, 0) is 50.1 Å². The highest BCUT2D eigenvalue weighted by Gasteiger charge is 2.52. The lowest BCUT2D eigenvalue weighted by molar-refractivity contribution is -0.132. The number of amides is 3. The van der Waals surface area contributed by atoms with Crippen molar-refractivity contribution in [2.45, 2.75) is 44.8 Å². The van der Waals surface area contributed by atoms with Crippen molar-refractivity contribution in [3.8, 4) is 0 Å². The van der Waals surface area contributed by atoms with E-state index in [1.165, 1.54) is 12.1 Å². The van der Waals surface area contributed by atoms with Crippen LogP contribution in [-0.4, -0.2) is 46.8 Å². The number of nitrogens with zero attached hydrogens (tertiary/aromatic N) is 3. The molecular formula is C24H26FN3O3. The summed E-state index contributed by atoms with van der Waals surface area (Å²) in [6.07, 6.45) is 1.03. The summed E-state index contributed by atoms with van der Waals surface area (Å²) in [7, 11) is 1.71. The number of para-hydroxylation sites is 1. The van der Waals surface area contributed by atoms with Crippen LogP contribution in [0.25, 0.3) is 0 Å².